The third-order valence-corrected chi connectivity index (χ3v) is 3.36. The molecule has 1 amide bonds. The summed E-state index contributed by atoms with van der Waals surface area (Å²) in [5.41, 5.74) is 0.962. The largest absolute Gasteiger partial charge is 0.454 e. The number of benzene rings is 1. The lowest BCUT2D eigenvalue weighted by atomic mass is 10.2. The molecule has 2 aromatic rings. The monoisotopic (exact) mass is 303 g/mol. The third-order valence-electron chi connectivity index (χ3n) is 3.36. The molecule has 1 aromatic heterocycles. The fourth-order valence-corrected chi connectivity index (χ4v) is 2.29. The summed E-state index contributed by atoms with van der Waals surface area (Å²) in [5.74, 6) is 2.18. The van der Waals surface area contributed by atoms with Crippen molar-refractivity contribution in [1.82, 2.24) is 4.90 Å². The van der Waals surface area contributed by atoms with Gasteiger partial charge >= 0.3 is 0 Å². The maximum Gasteiger partial charge on any atom is 0.289 e. The number of hydrogen-bond donors (Lipinski definition) is 0. The summed E-state index contributed by atoms with van der Waals surface area (Å²) in [5, 5.41) is 0. The molecule has 2 heterocycles. The van der Waals surface area contributed by atoms with Crippen molar-refractivity contribution < 1.29 is 23.4 Å². The van der Waals surface area contributed by atoms with Gasteiger partial charge in [0.2, 0.25) is 6.79 Å². The molecule has 1 aliphatic heterocycles. The maximum atomic E-state index is 12.3. The molecule has 0 radical (unpaired) electrons. The van der Waals surface area contributed by atoms with Crippen molar-refractivity contribution in [2.24, 2.45) is 0 Å². The van der Waals surface area contributed by atoms with Crippen LogP contribution in [0.3, 0.4) is 0 Å². The summed E-state index contributed by atoms with van der Waals surface area (Å²) in [7, 11) is 3.31. The summed E-state index contributed by atoms with van der Waals surface area (Å²) in [6.45, 7) is 1.04. The van der Waals surface area contributed by atoms with Crippen molar-refractivity contribution in [3.8, 4) is 11.5 Å². The molecule has 0 aliphatic carbocycles. The minimum atomic E-state index is -0.181. The van der Waals surface area contributed by atoms with E-state index < -0.39 is 0 Å². The second kappa shape index (κ2) is 6.11. The topological polar surface area (TPSA) is 61.1 Å². The van der Waals surface area contributed by atoms with Gasteiger partial charge in [-0.2, -0.15) is 0 Å². The normalized spacial score (nSPS) is 12.5. The maximum absolute atomic E-state index is 12.3. The first kappa shape index (κ1) is 14.5. The summed E-state index contributed by atoms with van der Waals surface area (Å²) in [6.07, 6.45) is 0. The van der Waals surface area contributed by atoms with Crippen LogP contribution in [0.1, 0.15) is 21.9 Å². The first-order valence-electron chi connectivity index (χ1n) is 6.89. The van der Waals surface area contributed by atoms with Gasteiger partial charge in [0, 0.05) is 20.7 Å². The Morgan fingerprint density at radius 1 is 1.23 bits per heavy atom. The Labute approximate surface area is 128 Å². The van der Waals surface area contributed by atoms with E-state index >= 15 is 0 Å². The zero-order chi connectivity index (χ0) is 15.5. The number of carbonyl (C=O) groups is 1. The summed E-state index contributed by atoms with van der Waals surface area (Å²) < 4.78 is 21.0. The van der Waals surface area contributed by atoms with Crippen LogP contribution in [-0.4, -0.2) is 31.8 Å². The van der Waals surface area contributed by atoms with Gasteiger partial charge in [-0.15, -0.1) is 0 Å². The number of methoxy groups -OCH3 is 1. The summed E-state index contributed by atoms with van der Waals surface area (Å²) in [4.78, 5) is 13.9. The molecule has 22 heavy (non-hydrogen) atoms. The highest BCUT2D eigenvalue weighted by atomic mass is 16.7. The molecule has 0 spiro atoms. The van der Waals surface area contributed by atoms with Crippen molar-refractivity contribution in [1.29, 1.82) is 0 Å². The smallest absolute Gasteiger partial charge is 0.289 e. The number of carbonyl (C=O) groups excluding carboxylic acids is 1. The van der Waals surface area contributed by atoms with Crippen LogP contribution in [-0.2, 0) is 17.9 Å². The van der Waals surface area contributed by atoms with Crippen molar-refractivity contribution >= 4 is 5.91 Å². The van der Waals surface area contributed by atoms with E-state index in [9.17, 15) is 4.79 Å². The number of amides is 1. The van der Waals surface area contributed by atoms with Gasteiger partial charge in [-0.1, -0.05) is 6.07 Å². The fourth-order valence-electron chi connectivity index (χ4n) is 2.29. The molecule has 3 rings (SSSR count). The minimum Gasteiger partial charge on any atom is -0.454 e. The van der Waals surface area contributed by atoms with E-state index in [0.29, 0.717) is 30.4 Å². The lowest BCUT2D eigenvalue weighted by molar-refractivity contribution is 0.0745. The average molecular weight is 303 g/mol. The van der Waals surface area contributed by atoms with Crippen LogP contribution in [0, 0.1) is 0 Å². The molecular weight excluding hydrogens is 286 g/mol. The number of fused-ring (bicyclic) bond motifs is 1. The molecule has 116 valence electrons. The van der Waals surface area contributed by atoms with Crippen LogP contribution >= 0.6 is 0 Å². The average Bonchev–Trinajstić information content (AvgIpc) is 3.15. The Balaban J connectivity index is 1.67. The lowest BCUT2D eigenvalue weighted by Crippen LogP contribution is -2.25. The fraction of sp³-hybridized carbons (Fsp3) is 0.312. The highest BCUT2D eigenvalue weighted by Crippen LogP contribution is 2.32. The van der Waals surface area contributed by atoms with Crippen molar-refractivity contribution in [3.63, 3.8) is 0 Å². The van der Waals surface area contributed by atoms with E-state index in [-0.39, 0.29) is 12.7 Å². The minimum absolute atomic E-state index is 0.181. The Hall–Kier alpha value is -2.47. The van der Waals surface area contributed by atoms with Crippen LogP contribution in [0.25, 0.3) is 0 Å². The van der Waals surface area contributed by atoms with Gasteiger partial charge in [-0.25, -0.2) is 0 Å². The second-order valence-corrected chi connectivity index (χ2v) is 5.05. The van der Waals surface area contributed by atoms with Gasteiger partial charge in [-0.3, -0.25) is 4.79 Å². The highest BCUT2D eigenvalue weighted by Gasteiger charge is 2.18. The summed E-state index contributed by atoms with van der Waals surface area (Å²) in [6, 6.07) is 9.04. The standard InChI is InChI=1S/C16H17NO5/c1-17(16(18)14-6-4-12(22-14)9-19-2)8-11-3-5-13-15(7-11)21-10-20-13/h3-7H,8-10H2,1-2H3. The summed E-state index contributed by atoms with van der Waals surface area (Å²) >= 11 is 0. The van der Waals surface area contributed by atoms with Gasteiger partial charge in [0.1, 0.15) is 12.4 Å². The molecule has 0 bridgehead atoms. The molecule has 6 heteroatoms. The van der Waals surface area contributed by atoms with Gasteiger partial charge in [0.25, 0.3) is 5.91 Å². The molecule has 0 fully saturated rings. The highest BCUT2D eigenvalue weighted by molar-refractivity contribution is 5.91. The van der Waals surface area contributed by atoms with Crippen molar-refractivity contribution in [2.75, 3.05) is 21.0 Å². The Bertz CT molecular complexity index is 679. The number of ether oxygens (including phenoxy) is 3. The molecule has 0 saturated heterocycles. The van der Waals surface area contributed by atoms with Gasteiger partial charge in [0.15, 0.2) is 17.3 Å². The van der Waals surface area contributed by atoms with E-state index in [4.69, 9.17) is 18.6 Å². The third kappa shape index (κ3) is 2.92. The van der Waals surface area contributed by atoms with Crippen LogP contribution in [0.2, 0.25) is 0 Å². The molecule has 1 aromatic carbocycles. The first-order valence-corrected chi connectivity index (χ1v) is 6.89. The molecule has 6 nitrogen and oxygen atoms in total. The Morgan fingerprint density at radius 2 is 2.05 bits per heavy atom. The molecular formula is C16H17NO5. The van der Waals surface area contributed by atoms with E-state index in [0.717, 1.165) is 11.3 Å². The van der Waals surface area contributed by atoms with Crippen molar-refractivity contribution in [3.05, 3.63) is 47.4 Å². The molecule has 0 unspecified atom stereocenters. The Morgan fingerprint density at radius 3 is 2.86 bits per heavy atom. The molecule has 0 atom stereocenters. The SMILES string of the molecule is COCc1ccc(C(=O)N(C)Cc2ccc3c(c2)OCO3)o1. The molecule has 0 N–H and O–H groups in total. The van der Waals surface area contributed by atoms with E-state index in [2.05, 4.69) is 0 Å². The quantitative estimate of drug-likeness (QED) is 0.849. The van der Waals surface area contributed by atoms with E-state index in [1.165, 1.54) is 0 Å². The first-order chi connectivity index (χ1) is 10.7. The van der Waals surface area contributed by atoms with E-state index in [1.807, 2.05) is 18.2 Å². The molecule has 0 saturated carbocycles. The molecule has 1 aliphatic rings. The number of rotatable bonds is 5. The number of nitrogens with zero attached hydrogens (tertiary/aromatic N) is 1. The van der Waals surface area contributed by atoms with Crippen LogP contribution in [0.4, 0.5) is 0 Å². The van der Waals surface area contributed by atoms with Gasteiger partial charge in [-0.05, 0) is 29.8 Å². The van der Waals surface area contributed by atoms with Crippen LogP contribution < -0.4 is 9.47 Å². The van der Waals surface area contributed by atoms with Crippen molar-refractivity contribution in [2.45, 2.75) is 13.2 Å². The van der Waals surface area contributed by atoms with Gasteiger partial charge < -0.3 is 23.5 Å². The van der Waals surface area contributed by atoms with E-state index in [1.54, 1.807) is 31.2 Å². The number of hydrogen-bond acceptors (Lipinski definition) is 5. The lowest BCUT2D eigenvalue weighted by Gasteiger charge is -2.16. The Kier molecular flexibility index (Phi) is 4.02. The zero-order valence-corrected chi connectivity index (χ0v) is 12.5. The second-order valence-electron chi connectivity index (χ2n) is 5.05. The number of furan rings is 1. The van der Waals surface area contributed by atoms with Crippen LogP contribution in [0.5, 0.6) is 11.5 Å². The van der Waals surface area contributed by atoms with Gasteiger partial charge in [0.05, 0.1) is 0 Å². The predicted molar refractivity (Wildman–Crippen MR) is 77.8 cm³/mol. The van der Waals surface area contributed by atoms with Crippen LogP contribution in [0.15, 0.2) is 34.7 Å². The zero-order valence-electron chi connectivity index (χ0n) is 12.5. The predicted octanol–water partition coefficient (Wildman–Crippen LogP) is 2.43.